The molecule has 0 aliphatic heterocycles. The molecular formula is C18H12ClF4NS2. The van der Waals surface area contributed by atoms with E-state index in [0.717, 1.165) is 28.4 Å². The van der Waals surface area contributed by atoms with Gasteiger partial charge in [-0.25, -0.2) is 9.37 Å². The molecule has 0 aliphatic rings. The number of thioether (sulfide) groups is 1. The Balaban J connectivity index is 1.64. The maximum Gasteiger partial charge on any atom is 0.416 e. The van der Waals surface area contributed by atoms with Crippen molar-refractivity contribution in [2.45, 2.75) is 23.2 Å². The van der Waals surface area contributed by atoms with Gasteiger partial charge in [0.15, 0.2) is 0 Å². The second-order valence-corrected chi connectivity index (χ2v) is 7.86. The van der Waals surface area contributed by atoms with Crippen LogP contribution in [0.25, 0.3) is 0 Å². The molecule has 0 bridgehead atoms. The van der Waals surface area contributed by atoms with Gasteiger partial charge in [-0.3, -0.25) is 0 Å². The highest BCUT2D eigenvalue weighted by molar-refractivity contribution is 7.98. The lowest BCUT2D eigenvalue weighted by Gasteiger charge is -2.07. The summed E-state index contributed by atoms with van der Waals surface area (Å²) < 4.78 is 51.3. The molecule has 1 aromatic heterocycles. The first-order valence-electron chi connectivity index (χ1n) is 7.48. The van der Waals surface area contributed by atoms with E-state index in [-0.39, 0.29) is 0 Å². The fourth-order valence-electron chi connectivity index (χ4n) is 2.24. The molecule has 0 radical (unpaired) electrons. The first-order chi connectivity index (χ1) is 12.3. The summed E-state index contributed by atoms with van der Waals surface area (Å²) >= 11 is 8.76. The smallest absolute Gasteiger partial charge is 0.245 e. The zero-order chi connectivity index (χ0) is 18.7. The Bertz CT molecular complexity index is 908. The van der Waals surface area contributed by atoms with Gasteiger partial charge in [-0.1, -0.05) is 23.7 Å². The number of aromatic nitrogens is 1. The van der Waals surface area contributed by atoms with Crippen molar-refractivity contribution in [3.8, 4) is 0 Å². The minimum absolute atomic E-state index is 0.347. The Labute approximate surface area is 161 Å². The van der Waals surface area contributed by atoms with Gasteiger partial charge in [0.2, 0.25) is 0 Å². The molecule has 0 spiro atoms. The summed E-state index contributed by atoms with van der Waals surface area (Å²) in [7, 11) is 0. The first-order valence-corrected chi connectivity index (χ1v) is 9.73. The lowest BCUT2D eigenvalue weighted by atomic mass is 10.1. The zero-order valence-corrected chi connectivity index (χ0v) is 15.6. The van der Waals surface area contributed by atoms with Crippen LogP contribution in [0.2, 0.25) is 5.02 Å². The molecule has 1 nitrogen and oxygen atoms in total. The Morgan fingerprint density at radius 3 is 2.65 bits per heavy atom. The first kappa shape index (κ1) is 19.2. The second-order valence-electron chi connectivity index (χ2n) is 5.46. The predicted molar refractivity (Wildman–Crippen MR) is 97.3 cm³/mol. The van der Waals surface area contributed by atoms with Crippen molar-refractivity contribution in [1.29, 1.82) is 0 Å². The molecule has 0 aliphatic carbocycles. The van der Waals surface area contributed by atoms with Crippen molar-refractivity contribution < 1.29 is 17.6 Å². The summed E-state index contributed by atoms with van der Waals surface area (Å²) in [6.45, 7) is 0. The molecule has 0 N–H and O–H groups in total. The van der Waals surface area contributed by atoms with Crippen LogP contribution in [0.5, 0.6) is 0 Å². The molecule has 0 unspecified atom stereocenters. The van der Waals surface area contributed by atoms with Crippen LogP contribution >= 0.6 is 34.7 Å². The van der Waals surface area contributed by atoms with Crippen LogP contribution in [-0.2, 0) is 18.3 Å². The van der Waals surface area contributed by atoms with E-state index in [1.807, 2.05) is 5.38 Å². The molecule has 0 fully saturated rings. The van der Waals surface area contributed by atoms with Crippen LogP contribution in [0.3, 0.4) is 0 Å². The van der Waals surface area contributed by atoms with Crippen molar-refractivity contribution in [2.24, 2.45) is 0 Å². The van der Waals surface area contributed by atoms with E-state index in [1.54, 1.807) is 12.1 Å². The Morgan fingerprint density at radius 1 is 1.12 bits per heavy atom. The average molecular weight is 418 g/mol. The minimum atomic E-state index is -4.35. The largest absolute Gasteiger partial charge is 0.416 e. The van der Waals surface area contributed by atoms with E-state index in [1.165, 1.54) is 41.3 Å². The van der Waals surface area contributed by atoms with Gasteiger partial charge in [0.25, 0.3) is 0 Å². The molecule has 1 heterocycles. The predicted octanol–water partition coefficient (Wildman–Crippen LogP) is 6.84. The van der Waals surface area contributed by atoms with E-state index in [2.05, 4.69) is 4.98 Å². The van der Waals surface area contributed by atoms with Crippen molar-refractivity contribution in [3.63, 3.8) is 0 Å². The van der Waals surface area contributed by atoms with Gasteiger partial charge in [0.05, 0.1) is 16.3 Å². The number of rotatable bonds is 5. The number of hydrogen-bond acceptors (Lipinski definition) is 3. The summed E-state index contributed by atoms with van der Waals surface area (Å²) in [4.78, 5) is 5.02. The fourth-order valence-corrected chi connectivity index (χ4v) is 4.25. The van der Waals surface area contributed by atoms with E-state index < -0.39 is 17.6 Å². The average Bonchev–Trinajstić information content (AvgIpc) is 3.03. The molecular weight excluding hydrogens is 406 g/mol. The van der Waals surface area contributed by atoms with E-state index >= 15 is 0 Å². The van der Waals surface area contributed by atoms with Gasteiger partial charge >= 0.3 is 6.18 Å². The number of halogens is 5. The van der Waals surface area contributed by atoms with Gasteiger partial charge < -0.3 is 0 Å². The maximum absolute atomic E-state index is 13.1. The number of benzene rings is 2. The third-order valence-corrected chi connectivity index (χ3v) is 5.78. The molecule has 8 heteroatoms. The highest BCUT2D eigenvalue weighted by Crippen LogP contribution is 2.33. The lowest BCUT2D eigenvalue weighted by molar-refractivity contribution is -0.137. The van der Waals surface area contributed by atoms with Gasteiger partial charge in [0, 0.05) is 27.5 Å². The summed E-state index contributed by atoms with van der Waals surface area (Å²) in [6, 6.07) is 9.46. The number of hydrogen-bond donors (Lipinski definition) is 0. The number of thiazole rings is 1. The SMILES string of the molecule is Fc1ccc(Cc2nc(CSc3cccc(C(F)(F)F)c3)cs2)c(Cl)c1. The van der Waals surface area contributed by atoms with Gasteiger partial charge in [-0.05, 0) is 35.9 Å². The topological polar surface area (TPSA) is 12.9 Å². The van der Waals surface area contributed by atoms with Crippen LogP contribution < -0.4 is 0 Å². The van der Waals surface area contributed by atoms with Crippen LogP contribution in [0.1, 0.15) is 21.8 Å². The molecule has 2 aromatic carbocycles. The molecule has 3 rings (SSSR count). The van der Waals surface area contributed by atoms with Crippen molar-refractivity contribution in [3.05, 3.63) is 80.5 Å². The Kier molecular flexibility index (Phi) is 5.89. The van der Waals surface area contributed by atoms with E-state index in [0.29, 0.717) is 22.1 Å². The van der Waals surface area contributed by atoms with Crippen LogP contribution in [-0.4, -0.2) is 4.98 Å². The number of nitrogens with zero attached hydrogens (tertiary/aromatic N) is 1. The van der Waals surface area contributed by atoms with Crippen LogP contribution in [0, 0.1) is 5.82 Å². The van der Waals surface area contributed by atoms with E-state index in [9.17, 15) is 17.6 Å². The molecule has 3 aromatic rings. The van der Waals surface area contributed by atoms with Crippen LogP contribution in [0.15, 0.2) is 52.7 Å². The summed E-state index contributed by atoms with van der Waals surface area (Å²) in [5.74, 6) is 0.0747. The second kappa shape index (κ2) is 7.98. The molecule has 0 saturated heterocycles. The Morgan fingerprint density at radius 2 is 1.92 bits per heavy atom. The third kappa shape index (κ3) is 4.99. The van der Waals surface area contributed by atoms with Crippen LogP contribution in [0.4, 0.5) is 17.6 Å². The van der Waals surface area contributed by atoms with Crippen molar-refractivity contribution in [1.82, 2.24) is 4.98 Å². The molecule has 0 atom stereocenters. The monoisotopic (exact) mass is 417 g/mol. The molecule has 0 amide bonds. The Hall–Kier alpha value is -1.57. The van der Waals surface area contributed by atoms with Gasteiger partial charge in [-0.15, -0.1) is 23.1 Å². The molecule has 26 heavy (non-hydrogen) atoms. The van der Waals surface area contributed by atoms with E-state index in [4.69, 9.17) is 11.6 Å². The zero-order valence-electron chi connectivity index (χ0n) is 13.2. The molecule has 0 saturated carbocycles. The highest BCUT2D eigenvalue weighted by Gasteiger charge is 2.30. The normalized spacial score (nSPS) is 11.7. The standard InChI is InChI=1S/C18H12ClF4NS2/c19-16-8-13(20)5-4-11(16)6-17-24-14(10-26-17)9-25-15-3-1-2-12(7-15)18(21,22)23/h1-5,7-8,10H,6,9H2. The van der Waals surface area contributed by atoms with Crippen molar-refractivity contribution in [2.75, 3.05) is 0 Å². The quantitative estimate of drug-likeness (QED) is 0.333. The highest BCUT2D eigenvalue weighted by atomic mass is 35.5. The fraction of sp³-hybridized carbons (Fsp3) is 0.167. The molecule has 136 valence electrons. The third-order valence-electron chi connectivity index (χ3n) is 3.50. The van der Waals surface area contributed by atoms with Crippen molar-refractivity contribution >= 4 is 34.7 Å². The maximum atomic E-state index is 13.1. The summed E-state index contributed by atoms with van der Waals surface area (Å²) in [5.41, 5.74) is 0.901. The lowest BCUT2D eigenvalue weighted by Crippen LogP contribution is -2.04. The van der Waals surface area contributed by atoms with Gasteiger partial charge in [-0.2, -0.15) is 13.2 Å². The van der Waals surface area contributed by atoms with Gasteiger partial charge in [0.1, 0.15) is 5.82 Å². The summed E-state index contributed by atoms with van der Waals surface area (Å²) in [5, 5.41) is 3.03. The minimum Gasteiger partial charge on any atom is -0.245 e. The summed E-state index contributed by atoms with van der Waals surface area (Å²) in [6.07, 6.45) is -3.86. The number of alkyl halides is 3.